The van der Waals surface area contributed by atoms with Crippen LogP contribution in [0.2, 0.25) is 0 Å². The van der Waals surface area contributed by atoms with Gasteiger partial charge in [-0.2, -0.15) is 0 Å². The van der Waals surface area contributed by atoms with Gasteiger partial charge >= 0.3 is 0 Å². The van der Waals surface area contributed by atoms with Gasteiger partial charge in [-0.15, -0.1) is 0 Å². The van der Waals surface area contributed by atoms with Gasteiger partial charge in [0.15, 0.2) is 9.84 Å². The van der Waals surface area contributed by atoms with Gasteiger partial charge in [0.25, 0.3) is 0 Å². The second-order valence-electron chi connectivity index (χ2n) is 5.47. The zero-order valence-electron chi connectivity index (χ0n) is 11.1. The molecular weight excluding hydrogens is 252 g/mol. The number of hydrogen-bond acceptors (Lipinski definition) is 5. The minimum absolute atomic E-state index is 0.215. The minimum Gasteiger partial charge on any atom is -0.376 e. The lowest BCUT2D eigenvalue weighted by Gasteiger charge is -2.48. The molecule has 0 aliphatic carbocycles. The van der Waals surface area contributed by atoms with Crippen molar-refractivity contribution in [3.63, 3.8) is 0 Å². The topological polar surface area (TPSA) is 72.6 Å². The molecular formula is C12H24N2O3S. The van der Waals surface area contributed by atoms with Crippen LogP contribution in [0.15, 0.2) is 0 Å². The zero-order chi connectivity index (χ0) is 13.2. The molecule has 2 rings (SSSR count). The van der Waals surface area contributed by atoms with Gasteiger partial charge < -0.3 is 10.5 Å². The van der Waals surface area contributed by atoms with Crippen molar-refractivity contribution in [1.82, 2.24) is 4.90 Å². The number of sulfone groups is 1. The summed E-state index contributed by atoms with van der Waals surface area (Å²) in [5, 5.41) is 0. The van der Waals surface area contributed by atoms with Gasteiger partial charge in [0, 0.05) is 25.2 Å². The summed E-state index contributed by atoms with van der Waals surface area (Å²) in [4.78, 5) is 2.27. The number of hydrogen-bond donors (Lipinski definition) is 1. The van der Waals surface area contributed by atoms with E-state index in [0.29, 0.717) is 18.9 Å². The van der Waals surface area contributed by atoms with Crippen molar-refractivity contribution in [3.05, 3.63) is 0 Å². The van der Waals surface area contributed by atoms with Crippen molar-refractivity contribution in [2.24, 2.45) is 5.73 Å². The van der Waals surface area contributed by atoms with Crippen LogP contribution < -0.4 is 5.73 Å². The summed E-state index contributed by atoms with van der Waals surface area (Å²) in [6.07, 6.45) is 2.79. The highest BCUT2D eigenvalue weighted by Gasteiger charge is 2.43. The third-order valence-corrected chi connectivity index (χ3v) is 6.12. The Labute approximate surface area is 110 Å². The van der Waals surface area contributed by atoms with Gasteiger partial charge in [0.1, 0.15) is 0 Å². The molecule has 0 saturated carbocycles. The number of ether oxygens (including phenoxy) is 1. The third-order valence-electron chi connectivity index (χ3n) is 4.23. The molecule has 0 amide bonds. The molecule has 2 aliphatic rings. The van der Waals surface area contributed by atoms with E-state index in [1.54, 1.807) is 0 Å². The predicted octanol–water partition coefficient (Wildman–Crippen LogP) is 0.00330. The summed E-state index contributed by atoms with van der Waals surface area (Å²) in [7, 11) is -2.94. The average molecular weight is 276 g/mol. The Kier molecular flexibility index (Phi) is 4.31. The van der Waals surface area contributed by atoms with Gasteiger partial charge in [-0.3, -0.25) is 4.90 Å². The molecule has 2 atom stereocenters. The van der Waals surface area contributed by atoms with Gasteiger partial charge in [-0.05, 0) is 19.3 Å². The first-order valence-electron chi connectivity index (χ1n) is 6.78. The molecule has 0 aromatic heterocycles. The molecule has 2 unspecified atom stereocenters. The number of nitrogens with zero attached hydrogens (tertiary/aromatic N) is 1. The van der Waals surface area contributed by atoms with Crippen molar-refractivity contribution in [2.75, 3.05) is 37.7 Å². The van der Waals surface area contributed by atoms with Crippen LogP contribution in [0, 0.1) is 0 Å². The lowest BCUT2D eigenvalue weighted by atomic mass is 9.92. The molecule has 2 N–H and O–H groups in total. The highest BCUT2D eigenvalue weighted by atomic mass is 32.2. The summed E-state index contributed by atoms with van der Waals surface area (Å²) in [6.45, 7) is 4.80. The lowest BCUT2D eigenvalue weighted by molar-refractivity contribution is -0.0667. The Morgan fingerprint density at radius 3 is 2.89 bits per heavy atom. The second kappa shape index (κ2) is 5.45. The SMILES string of the molecule is CCC1CN(C2(CN)CCCS(=O)(=O)C2)CCO1. The van der Waals surface area contributed by atoms with Gasteiger partial charge in [0.05, 0.1) is 24.2 Å². The molecule has 0 spiro atoms. The van der Waals surface area contributed by atoms with Gasteiger partial charge in [0.2, 0.25) is 0 Å². The molecule has 0 aromatic carbocycles. The average Bonchev–Trinajstić information content (AvgIpc) is 2.37. The van der Waals surface area contributed by atoms with Crippen LogP contribution in [-0.4, -0.2) is 62.7 Å². The Hall–Kier alpha value is -0.170. The van der Waals surface area contributed by atoms with Crippen molar-refractivity contribution in [2.45, 2.75) is 37.8 Å². The normalized spacial score (nSPS) is 37.6. The first-order valence-corrected chi connectivity index (χ1v) is 8.61. The van der Waals surface area contributed by atoms with Crippen LogP contribution >= 0.6 is 0 Å². The maximum Gasteiger partial charge on any atom is 0.152 e. The van der Waals surface area contributed by atoms with E-state index >= 15 is 0 Å². The van der Waals surface area contributed by atoms with E-state index in [9.17, 15) is 8.42 Å². The smallest absolute Gasteiger partial charge is 0.152 e. The van der Waals surface area contributed by atoms with Crippen molar-refractivity contribution in [1.29, 1.82) is 0 Å². The van der Waals surface area contributed by atoms with Crippen LogP contribution in [0.4, 0.5) is 0 Å². The quantitative estimate of drug-likeness (QED) is 0.786. The fourth-order valence-electron chi connectivity index (χ4n) is 3.11. The highest BCUT2D eigenvalue weighted by molar-refractivity contribution is 7.91. The molecule has 106 valence electrons. The largest absolute Gasteiger partial charge is 0.376 e. The van der Waals surface area contributed by atoms with Crippen LogP contribution in [0.25, 0.3) is 0 Å². The Morgan fingerprint density at radius 1 is 1.50 bits per heavy atom. The van der Waals surface area contributed by atoms with E-state index < -0.39 is 9.84 Å². The van der Waals surface area contributed by atoms with Crippen LogP contribution in [-0.2, 0) is 14.6 Å². The summed E-state index contributed by atoms with van der Waals surface area (Å²) >= 11 is 0. The molecule has 0 radical (unpaired) electrons. The standard InChI is InChI=1S/C12H24N2O3S/c1-2-11-8-14(5-6-17-11)12(9-13)4-3-7-18(15,16)10-12/h11H,2-10,13H2,1H3. The van der Waals surface area contributed by atoms with E-state index in [0.717, 1.165) is 32.4 Å². The van der Waals surface area contributed by atoms with Crippen LogP contribution in [0.5, 0.6) is 0 Å². The summed E-state index contributed by atoms with van der Waals surface area (Å²) in [5.74, 6) is 0.531. The second-order valence-corrected chi connectivity index (χ2v) is 7.66. The predicted molar refractivity (Wildman–Crippen MR) is 71.3 cm³/mol. The van der Waals surface area contributed by atoms with Crippen LogP contribution in [0.3, 0.4) is 0 Å². The van der Waals surface area contributed by atoms with E-state index in [1.807, 2.05) is 0 Å². The first-order chi connectivity index (χ1) is 8.51. The van der Waals surface area contributed by atoms with Crippen molar-refractivity contribution in [3.8, 4) is 0 Å². The molecule has 0 aromatic rings. The van der Waals surface area contributed by atoms with Gasteiger partial charge in [-0.1, -0.05) is 6.92 Å². The summed E-state index contributed by atoms with van der Waals surface area (Å²) in [5.41, 5.74) is 5.58. The number of morpholine rings is 1. The Bertz CT molecular complexity index is 385. The molecule has 0 bridgehead atoms. The number of nitrogens with two attached hydrogens (primary N) is 1. The molecule has 2 fully saturated rings. The van der Waals surface area contributed by atoms with Crippen LogP contribution in [0.1, 0.15) is 26.2 Å². The molecule has 6 heteroatoms. The highest BCUT2D eigenvalue weighted by Crippen LogP contribution is 2.30. The zero-order valence-corrected chi connectivity index (χ0v) is 11.9. The fourth-order valence-corrected chi connectivity index (χ4v) is 5.10. The summed E-state index contributed by atoms with van der Waals surface area (Å²) in [6, 6.07) is 0. The third kappa shape index (κ3) is 2.87. The Balaban J connectivity index is 2.16. The lowest BCUT2D eigenvalue weighted by Crippen LogP contribution is -2.63. The molecule has 18 heavy (non-hydrogen) atoms. The molecule has 2 aliphatic heterocycles. The van der Waals surface area contributed by atoms with Gasteiger partial charge in [-0.25, -0.2) is 8.42 Å². The summed E-state index contributed by atoms with van der Waals surface area (Å²) < 4.78 is 29.5. The maximum atomic E-state index is 11.9. The van der Waals surface area contributed by atoms with E-state index in [4.69, 9.17) is 10.5 Å². The monoisotopic (exact) mass is 276 g/mol. The fraction of sp³-hybridized carbons (Fsp3) is 1.00. The minimum atomic E-state index is -2.94. The number of rotatable bonds is 3. The molecule has 2 saturated heterocycles. The molecule has 2 heterocycles. The van der Waals surface area contributed by atoms with E-state index in [-0.39, 0.29) is 17.4 Å². The van der Waals surface area contributed by atoms with Crippen molar-refractivity contribution >= 4 is 9.84 Å². The maximum absolute atomic E-state index is 11.9. The Morgan fingerprint density at radius 2 is 2.28 bits per heavy atom. The van der Waals surface area contributed by atoms with Crippen molar-refractivity contribution < 1.29 is 13.2 Å². The first kappa shape index (κ1) is 14.2. The van der Waals surface area contributed by atoms with E-state index in [1.165, 1.54) is 0 Å². The molecule has 5 nitrogen and oxygen atoms in total. The van der Waals surface area contributed by atoms with E-state index in [2.05, 4.69) is 11.8 Å².